The molecule has 5 rings (SSSR count). The molecular weight excluding hydrogens is 444 g/mol. The predicted octanol–water partition coefficient (Wildman–Crippen LogP) is 6.69. The lowest BCUT2D eigenvalue weighted by Gasteiger charge is -2.61. The van der Waals surface area contributed by atoms with Crippen LogP contribution >= 0.6 is 0 Å². The fraction of sp³-hybridized carbons (Fsp3) is 1.00. The molecule has 1 unspecified atom stereocenters. The zero-order valence-electron chi connectivity index (χ0n) is 28.7. The summed E-state index contributed by atoms with van der Waals surface area (Å²) in [5, 5.41) is 0. The first-order chi connectivity index (χ1) is 18.7. The van der Waals surface area contributed by atoms with Gasteiger partial charge in [0.05, 0.1) is 18.5 Å². The summed E-state index contributed by atoms with van der Waals surface area (Å²) in [6.45, 7) is 0.597. The summed E-state index contributed by atoms with van der Waals surface area (Å²) in [5.41, 5.74) is 0.843. The number of methoxy groups -OCH3 is 1. The van der Waals surface area contributed by atoms with Gasteiger partial charge in [-0.2, -0.15) is 8.42 Å². The van der Waals surface area contributed by atoms with E-state index >= 15 is 0 Å². The molecular formula is C29H50O4S. The molecule has 4 nitrogen and oxygen atoms in total. The third-order valence-electron chi connectivity index (χ3n) is 12.1. The van der Waals surface area contributed by atoms with Crippen LogP contribution in [0.3, 0.4) is 0 Å². The van der Waals surface area contributed by atoms with Crippen molar-refractivity contribution in [1.29, 1.82) is 0 Å². The summed E-state index contributed by atoms with van der Waals surface area (Å²) in [5.74, 6) is 0.166. The molecule has 5 heteroatoms. The van der Waals surface area contributed by atoms with Crippen LogP contribution in [0.2, 0.25) is 0 Å². The molecule has 0 heterocycles. The van der Waals surface area contributed by atoms with Crippen LogP contribution in [-0.4, -0.2) is 34.0 Å². The van der Waals surface area contributed by atoms with E-state index in [0.29, 0.717) is 41.1 Å². The standard InChI is InChI=1S/C29H50O4S/c1-18(2)25(33-34(7,30)31)11-8-19(3)22-9-10-23-21-16-26(32-6)29-17-20(29)12-15-28(29,5)24(21)13-14-27(22,23)4/h18-26H,8-17H2,1-7H3/t19-,20+,21+,22-,23+,24+,25?,26-,27-,28-,29+/m1/s1/i1D3,2D3,18D. The van der Waals surface area contributed by atoms with Crippen LogP contribution in [-0.2, 0) is 19.0 Å². The summed E-state index contributed by atoms with van der Waals surface area (Å²) in [7, 11) is -2.29. The summed E-state index contributed by atoms with van der Waals surface area (Å²) in [6, 6.07) is 0. The van der Waals surface area contributed by atoms with Gasteiger partial charge in [-0.1, -0.05) is 34.5 Å². The van der Waals surface area contributed by atoms with Crippen molar-refractivity contribution in [2.75, 3.05) is 13.4 Å². The molecule has 5 fully saturated rings. The fourth-order valence-corrected chi connectivity index (χ4v) is 11.2. The Morgan fingerprint density at radius 2 is 1.85 bits per heavy atom. The maximum Gasteiger partial charge on any atom is 0.264 e. The highest BCUT2D eigenvalue weighted by molar-refractivity contribution is 7.86. The Balaban J connectivity index is 1.35. The Morgan fingerprint density at radius 3 is 2.50 bits per heavy atom. The van der Waals surface area contributed by atoms with E-state index in [1.165, 1.54) is 25.7 Å². The third-order valence-corrected chi connectivity index (χ3v) is 12.7. The van der Waals surface area contributed by atoms with E-state index < -0.39 is 35.8 Å². The third kappa shape index (κ3) is 3.68. The average Bonchev–Trinajstić information content (AvgIpc) is 3.34. The van der Waals surface area contributed by atoms with Crippen molar-refractivity contribution < 1.29 is 26.9 Å². The molecule has 0 aliphatic heterocycles. The molecule has 0 bridgehead atoms. The summed E-state index contributed by atoms with van der Waals surface area (Å²) < 4.78 is 91.5. The van der Waals surface area contributed by atoms with Gasteiger partial charge in [0, 0.05) is 22.1 Å². The van der Waals surface area contributed by atoms with E-state index in [4.69, 9.17) is 18.5 Å². The van der Waals surface area contributed by atoms with Crippen LogP contribution < -0.4 is 0 Å². The Hall–Kier alpha value is -0.130. The second kappa shape index (κ2) is 8.45. The molecule has 0 amide bonds. The molecule has 0 aromatic rings. The van der Waals surface area contributed by atoms with E-state index in [9.17, 15) is 8.42 Å². The largest absolute Gasteiger partial charge is 0.381 e. The molecule has 34 heavy (non-hydrogen) atoms. The lowest BCUT2D eigenvalue weighted by molar-refractivity contribution is -0.161. The normalized spacial score (nSPS) is 53.3. The highest BCUT2D eigenvalue weighted by Gasteiger charge is 2.77. The molecule has 0 saturated heterocycles. The number of fused-ring (bicyclic) bond motifs is 4. The first-order valence-corrected chi connectivity index (χ1v) is 15.4. The van der Waals surface area contributed by atoms with Crippen molar-refractivity contribution in [3.8, 4) is 0 Å². The first kappa shape index (κ1) is 18.2. The Morgan fingerprint density at radius 1 is 1.09 bits per heavy atom. The van der Waals surface area contributed by atoms with Gasteiger partial charge in [-0.3, -0.25) is 4.18 Å². The van der Waals surface area contributed by atoms with Gasteiger partial charge in [0.1, 0.15) is 0 Å². The lowest BCUT2D eigenvalue weighted by atomic mass is 9.45. The van der Waals surface area contributed by atoms with E-state index in [1.54, 1.807) is 0 Å². The SMILES string of the molecule is [2H]C([2H])([2H])C([2H])(C(CC[C@@H](C)[C@H]1CC[C@H]2[C@@H]3C[C@@H](OC)[C@]45C[C@@H]4CC[C@]5(C)[C@H]3CC[C@]12C)OS(C)(=O)=O)C([2H])([2H])[2H]. The van der Waals surface area contributed by atoms with Crippen LogP contribution in [0, 0.1) is 57.6 Å². The Bertz CT molecular complexity index is 1110. The Labute approximate surface area is 219 Å². The quantitative estimate of drug-likeness (QED) is 0.348. The van der Waals surface area contributed by atoms with Crippen molar-refractivity contribution in [3.05, 3.63) is 0 Å². The minimum Gasteiger partial charge on any atom is -0.381 e. The van der Waals surface area contributed by atoms with Gasteiger partial charge >= 0.3 is 0 Å². The maximum absolute atomic E-state index is 12.1. The van der Waals surface area contributed by atoms with E-state index in [0.717, 1.165) is 43.8 Å². The lowest BCUT2D eigenvalue weighted by Crippen LogP contribution is -2.57. The van der Waals surface area contributed by atoms with Crippen LogP contribution in [0.15, 0.2) is 0 Å². The number of rotatable bonds is 8. The highest BCUT2D eigenvalue weighted by Crippen LogP contribution is 2.82. The molecule has 5 aliphatic rings. The van der Waals surface area contributed by atoms with Crippen molar-refractivity contribution >= 4 is 10.1 Å². The van der Waals surface area contributed by atoms with Crippen molar-refractivity contribution in [2.24, 2.45) is 57.6 Å². The second-order valence-electron chi connectivity index (χ2n) is 13.2. The summed E-state index contributed by atoms with van der Waals surface area (Å²) in [4.78, 5) is 0. The van der Waals surface area contributed by atoms with Crippen LogP contribution in [0.1, 0.15) is 108 Å². The average molecular weight is 502 g/mol. The molecule has 5 saturated carbocycles. The Kier molecular flexibility index (Phi) is 4.52. The van der Waals surface area contributed by atoms with E-state index in [2.05, 4.69) is 20.8 Å². The van der Waals surface area contributed by atoms with E-state index in [1.807, 2.05) is 7.11 Å². The smallest absolute Gasteiger partial charge is 0.264 e. The first-order valence-electron chi connectivity index (χ1n) is 17.1. The molecule has 0 aromatic heterocycles. The molecule has 0 radical (unpaired) electrons. The topological polar surface area (TPSA) is 52.6 Å². The molecule has 196 valence electrons. The number of ether oxygens (including phenoxy) is 1. The number of hydrogen-bond acceptors (Lipinski definition) is 4. The maximum atomic E-state index is 12.1. The van der Waals surface area contributed by atoms with Crippen molar-refractivity contribution in [2.45, 2.75) is 111 Å². The van der Waals surface area contributed by atoms with Gasteiger partial charge in [0.25, 0.3) is 10.1 Å². The van der Waals surface area contributed by atoms with Gasteiger partial charge in [-0.05, 0) is 116 Å². The molecule has 1 spiro atoms. The second-order valence-corrected chi connectivity index (χ2v) is 14.8. The molecule has 0 N–H and O–H groups in total. The van der Waals surface area contributed by atoms with Gasteiger partial charge < -0.3 is 4.74 Å². The zero-order chi connectivity index (χ0) is 30.6. The van der Waals surface area contributed by atoms with Crippen LogP contribution in [0.4, 0.5) is 0 Å². The van der Waals surface area contributed by atoms with Crippen LogP contribution in [0.5, 0.6) is 0 Å². The minimum absolute atomic E-state index is 0.104. The fourth-order valence-electron chi connectivity index (χ4n) is 10.6. The minimum atomic E-state index is -4.19. The van der Waals surface area contributed by atoms with Gasteiger partial charge in [-0.15, -0.1) is 0 Å². The van der Waals surface area contributed by atoms with Gasteiger partial charge in [-0.25, -0.2) is 0 Å². The molecule has 0 aromatic carbocycles. The number of hydrogen-bond donors (Lipinski definition) is 0. The molecule has 5 aliphatic carbocycles. The monoisotopic (exact) mass is 501 g/mol. The van der Waals surface area contributed by atoms with Crippen LogP contribution in [0.25, 0.3) is 0 Å². The van der Waals surface area contributed by atoms with Crippen molar-refractivity contribution in [1.82, 2.24) is 0 Å². The van der Waals surface area contributed by atoms with Crippen molar-refractivity contribution in [3.63, 3.8) is 0 Å². The van der Waals surface area contributed by atoms with E-state index in [-0.39, 0.29) is 17.8 Å². The predicted molar refractivity (Wildman–Crippen MR) is 137 cm³/mol. The summed E-state index contributed by atoms with van der Waals surface area (Å²) in [6.07, 6.45) is 9.27. The zero-order valence-corrected chi connectivity index (χ0v) is 22.5. The van der Waals surface area contributed by atoms with Gasteiger partial charge in [0.2, 0.25) is 0 Å². The highest BCUT2D eigenvalue weighted by atomic mass is 32.2. The summed E-state index contributed by atoms with van der Waals surface area (Å²) >= 11 is 0. The van der Waals surface area contributed by atoms with Gasteiger partial charge in [0.15, 0.2) is 0 Å². The molecule has 11 atom stereocenters.